The van der Waals surface area contributed by atoms with Crippen molar-refractivity contribution < 1.29 is 4.74 Å². The molecule has 0 amide bonds. The maximum atomic E-state index is 5.39. The van der Waals surface area contributed by atoms with Gasteiger partial charge in [-0.3, -0.25) is 14.4 Å². The van der Waals surface area contributed by atoms with Crippen molar-refractivity contribution in [1.29, 1.82) is 0 Å². The highest BCUT2D eigenvalue weighted by Crippen LogP contribution is 2.22. The molecule has 0 spiro atoms. The largest absolute Gasteiger partial charge is 0.379 e. The van der Waals surface area contributed by atoms with E-state index in [9.17, 15) is 0 Å². The van der Waals surface area contributed by atoms with E-state index in [0.29, 0.717) is 0 Å². The summed E-state index contributed by atoms with van der Waals surface area (Å²) in [4.78, 5) is 9.59. The molecule has 0 saturated carbocycles. The van der Waals surface area contributed by atoms with Crippen molar-refractivity contribution in [3.05, 3.63) is 24.3 Å². The molecule has 1 fully saturated rings. The molecule has 2 aromatic rings. The van der Waals surface area contributed by atoms with Crippen molar-refractivity contribution in [3.63, 3.8) is 0 Å². The number of fused-ring (bicyclic) bond motifs is 3. The fourth-order valence-electron chi connectivity index (χ4n) is 3.28. The molecule has 1 aromatic heterocycles. The van der Waals surface area contributed by atoms with Crippen molar-refractivity contribution in [3.8, 4) is 0 Å². The highest BCUT2D eigenvalue weighted by atomic mass is 16.5. The molecule has 0 unspecified atom stereocenters. The van der Waals surface area contributed by atoms with Crippen LogP contribution in [0.4, 0.5) is 5.95 Å². The van der Waals surface area contributed by atoms with Crippen LogP contribution in [0.25, 0.3) is 11.0 Å². The SMILES string of the molecule is c1ccc2c(c1)nc1n2CN(CCCN2CCOCC2)CN1. The van der Waals surface area contributed by atoms with Gasteiger partial charge in [0.15, 0.2) is 0 Å². The average Bonchev–Trinajstić information content (AvgIpc) is 2.94. The van der Waals surface area contributed by atoms with E-state index in [0.717, 1.165) is 64.2 Å². The second-order valence-electron chi connectivity index (χ2n) is 6.03. The van der Waals surface area contributed by atoms with Crippen molar-refractivity contribution in [2.24, 2.45) is 0 Å². The summed E-state index contributed by atoms with van der Waals surface area (Å²) in [6, 6.07) is 8.34. The quantitative estimate of drug-likeness (QED) is 0.925. The normalized spacial score (nSPS) is 20.0. The van der Waals surface area contributed by atoms with Crippen LogP contribution in [-0.4, -0.2) is 65.4 Å². The van der Waals surface area contributed by atoms with Gasteiger partial charge in [0.1, 0.15) is 0 Å². The van der Waals surface area contributed by atoms with Crippen LogP contribution in [-0.2, 0) is 11.4 Å². The monoisotopic (exact) mass is 301 g/mol. The summed E-state index contributed by atoms with van der Waals surface area (Å²) < 4.78 is 7.67. The van der Waals surface area contributed by atoms with Gasteiger partial charge in [-0.15, -0.1) is 0 Å². The van der Waals surface area contributed by atoms with E-state index in [1.807, 2.05) is 6.07 Å². The summed E-state index contributed by atoms with van der Waals surface area (Å²) in [5.41, 5.74) is 2.28. The maximum Gasteiger partial charge on any atom is 0.206 e. The second kappa shape index (κ2) is 6.24. The van der Waals surface area contributed by atoms with Crippen LogP contribution in [0.2, 0.25) is 0 Å². The number of hydrogen-bond acceptors (Lipinski definition) is 5. The van der Waals surface area contributed by atoms with Gasteiger partial charge >= 0.3 is 0 Å². The Balaban J connectivity index is 1.35. The van der Waals surface area contributed by atoms with Crippen LogP contribution < -0.4 is 5.32 Å². The fourth-order valence-corrected chi connectivity index (χ4v) is 3.28. The average molecular weight is 301 g/mol. The minimum atomic E-state index is 0.881. The van der Waals surface area contributed by atoms with Gasteiger partial charge in [0.05, 0.1) is 37.6 Å². The molecule has 3 heterocycles. The number of benzene rings is 1. The molecule has 6 heteroatoms. The molecule has 2 aliphatic rings. The number of morpholine rings is 1. The maximum absolute atomic E-state index is 5.39. The van der Waals surface area contributed by atoms with Crippen LogP contribution >= 0.6 is 0 Å². The minimum absolute atomic E-state index is 0.881. The number of aromatic nitrogens is 2. The Morgan fingerprint density at radius 3 is 2.82 bits per heavy atom. The Kier molecular flexibility index (Phi) is 3.97. The zero-order valence-corrected chi connectivity index (χ0v) is 12.9. The zero-order chi connectivity index (χ0) is 14.8. The van der Waals surface area contributed by atoms with E-state index < -0.39 is 0 Å². The van der Waals surface area contributed by atoms with E-state index in [1.165, 1.54) is 11.9 Å². The Bertz CT molecular complexity index is 634. The summed E-state index contributed by atoms with van der Waals surface area (Å²) >= 11 is 0. The van der Waals surface area contributed by atoms with E-state index in [-0.39, 0.29) is 0 Å². The number of anilines is 1. The predicted octanol–water partition coefficient (Wildman–Crippen LogP) is 1.40. The lowest BCUT2D eigenvalue weighted by atomic mass is 10.3. The van der Waals surface area contributed by atoms with Gasteiger partial charge in [-0.05, 0) is 25.1 Å². The Hall–Kier alpha value is -1.63. The number of rotatable bonds is 4. The molecule has 0 atom stereocenters. The number of hydrogen-bond donors (Lipinski definition) is 1. The first kappa shape index (κ1) is 14.0. The summed E-state index contributed by atoms with van der Waals surface area (Å²) in [5, 5.41) is 3.43. The summed E-state index contributed by atoms with van der Waals surface area (Å²) in [5.74, 6) is 0.991. The lowest BCUT2D eigenvalue weighted by Gasteiger charge is -2.31. The standard InChI is InChI=1S/C16H23N5O/c1-2-5-15-14(4-1)18-16-17-12-20(13-21(15)16)7-3-6-19-8-10-22-11-9-19/h1-2,4-5H,3,6-13H2,(H,17,18). The molecule has 0 bridgehead atoms. The number of imidazole rings is 1. The highest BCUT2D eigenvalue weighted by Gasteiger charge is 2.19. The van der Waals surface area contributed by atoms with Crippen molar-refractivity contribution in [2.45, 2.75) is 13.1 Å². The first-order valence-electron chi connectivity index (χ1n) is 8.12. The van der Waals surface area contributed by atoms with Gasteiger partial charge in [-0.25, -0.2) is 4.98 Å². The third kappa shape index (κ3) is 2.82. The number of nitrogens with one attached hydrogen (secondary N) is 1. The van der Waals surface area contributed by atoms with Gasteiger partial charge in [-0.2, -0.15) is 0 Å². The van der Waals surface area contributed by atoms with Crippen LogP contribution in [0.5, 0.6) is 0 Å². The lowest BCUT2D eigenvalue weighted by Crippen LogP contribution is -2.40. The van der Waals surface area contributed by atoms with E-state index in [4.69, 9.17) is 4.74 Å². The number of nitrogens with zero attached hydrogens (tertiary/aromatic N) is 4. The first-order valence-corrected chi connectivity index (χ1v) is 8.12. The van der Waals surface area contributed by atoms with Gasteiger partial charge < -0.3 is 10.1 Å². The molecule has 118 valence electrons. The molecule has 1 saturated heterocycles. The molecule has 6 nitrogen and oxygen atoms in total. The lowest BCUT2D eigenvalue weighted by molar-refractivity contribution is 0.0357. The number of para-hydroxylation sites is 2. The Morgan fingerprint density at radius 2 is 1.91 bits per heavy atom. The van der Waals surface area contributed by atoms with Crippen LogP contribution in [0.3, 0.4) is 0 Å². The molecule has 2 aliphatic heterocycles. The third-order valence-electron chi connectivity index (χ3n) is 4.51. The Labute approximate surface area is 130 Å². The highest BCUT2D eigenvalue weighted by molar-refractivity contribution is 5.78. The first-order chi connectivity index (χ1) is 10.9. The smallest absolute Gasteiger partial charge is 0.206 e. The zero-order valence-electron chi connectivity index (χ0n) is 12.9. The van der Waals surface area contributed by atoms with Crippen LogP contribution in [0.15, 0.2) is 24.3 Å². The van der Waals surface area contributed by atoms with Crippen LogP contribution in [0, 0.1) is 0 Å². The molecular weight excluding hydrogens is 278 g/mol. The topological polar surface area (TPSA) is 45.6 Å². The summed E-state index contributed by atoms with van der Waals surface area (Å²) in [7, 11) is 0. The van der Waals surface area contributed by atoms with Crippen molar-refractivity contribution in [2.75, 3.05) is 51.4 Å². The van der Waals surface area contributed by atoms with Gasteiger partial charge in [0.25, 0.3) is 0 Å². The molecule has 22 heavy (non-hydrogen) atoms. The molecule has 1 N–H and O–H groups in total. The molecule has 4 rings (SSSR count). The van der Waals surface area contributed by atoms with Crippen molar-refractivity contribution in [1.82, 2.24) is 19.4 Å². The fraction of sp³-hybridized carbons (Fsp3) is 0.562. The van der Waals surface area contributed by atoms with Gasteiger partial charge in [0.2, 0.25) is 5.95 Å². The Morgan fingerprint density at radius 1 is 1.09 bits per heavy atom. The third-order valence-corrected chi connectivity index (χ3v) is 4.51. The molecule has 0 radical (unpaired) electrons. The summed E-state index contributed by atoms with van der Waals surface area (Å²) in [6.45, 7) is 8.00. The van der Waals surface area contributed by atoms with E-state index >= 15 is 0 Å². The number of ether oxygens (including phenoxy) is 1. The summed E-state index contributed by atoms with van der Waals surface area (Å²) in [6.07, 6.45) is 1.20. The van der Waals surface area contributed by atoms with E-state index in [2.05, 4.69) is 42.9 Å². The predicted molar refractivity (Wildman–Crippen MR) is 86.8 cm³/mol. The molecule has 0 aliphatic carbocycles. The van der Waals surface area contributed by atoms with Gasteiger partial charge in [-0.1, -0.05) is 12.1 Å². The molecular formula is C16H23N5O. The second-order valence-corrected chi connectivity index (χ2v) is 6.03. The minimum Gasteiger partial charge on any atom is -0.379 e. The van der Waals surface area contributed by atoms with Crippen LogP contribution in [0.1, 0.15) is 6.42 Å². The van der Waals surface area contributed by atoms with Crippen molar-refractivity contribution >= 4 is 17.0 Å². The van der Waals surface area contributed by atoms with Gasteiger partial charge in [0, 0.05) is 19.6 Å². The van der Waals surface area contributed by atoms with E-state index in [1.54, 1.807) is 0 Å². The molecule has 1 aromatic carbocycles.